The third kappa shape index (κ3) is 3.82. The first kappa shape index (κ1) is 20.8. The van der Waals surface area contributed by atoms with Gasteiger partial charge in [-0.05, 0) is 52.8 Å². The number of rotatable bonds is 5. The molecule has 156 valence electrons. The van der Waals surface area contributed by atoms with Crippen LogP contribution in [0.2, 0.25) is 0 Å². The molecule has 0 radical (unpaired) electrons. The first-order chi connectivity index (χ1) is 15.1. The van der Waals surface area contributed by atoms with E-state index in [4.69, 9.17) is 9.72 Å². The van der Waals surface area contributed by atoms with E-state index in [-0.39, 0.29) is 5.97 Å². The van der Waals surface area contributed by atoms with Gasteiger partial charge in [0.15, 0.2) is 5.13 Å². The summed E-state index contributed by atoms with van der Waals surface area (Å²) in [6.45, 7) is 0. The summed E-state index contributed by atoms with van der Waals surface area (Å²) < 4.78 is 7.03. The lowest BCUT2D eigenvalue weighted by molar-refractivity contribution is 0.0606. The van der Waals surface area contributed by atoms with Gasteiger partial charge in [0.25, 0.3) is 0 Å². The number of anilines is 2. The number of aromatic nitrogens is 1. The van der Waals surface area contributed by atoms with Crippen molar-refractivity contribution < 1.29 is 9.53 Å². The number of halogens is 1. The highest BCUT2D eigenvalue weighted by atomic mass is 79.9. The molecule has 1 aliphatic carbocycles. The molecule has 0 spiro atoms. The van der Waals surface area contributed by atoms with E-state index in [1.165, 1.54) is 40.7 Å². The molecule has 8 heteroatoms. The summed E-state index contributed by atoms with van der Waals surface area (Å²) in [5.41, 5.74) is 8.10. The minimum Gasteiger partial charge on any atom is -0.465 e. The number of thioether (sulfide) groups is 1. The Balaban J connectivity index is 1.45. The Morgan fingerprint density at radius 1 is 1.19 bits per heavy atom. The van der Waals surface area contributed by atoms with Crippen molar-refractivity contribution in [3.63, 3.8) is 0 Å². The van der Waals surface area contributed by atoms with Crippen molar-refractivity contribution in [2.24, 2.45) is 0 Å². The van der Waals surface area contributed by atoms with Gasteiger partial charge < -0.3 is 10.1 Å². The zero-order valence-electron chi connectivity index (χ0n) is 16.7. The molecule has 2 aromatic carbocycles. The summed E-state index contributed by atoms with van der Waals surface area (Å²) in [5, 5.41) is 6.38. The molecule has 0 saturated carbocycles. The summed E-state index contributed by atoms with van der Waals surface area (Å²) in [4.78, 5) is 17.3. The van der Waals surface area contributed by atoms with Crippen LogP contribution in [0, 0.1) is 0 Å². The van der Waals surface area contributed by atoms with E-state index < -0.39 is 0 Å². The maximum absolute atomic E-state index is 11.9. The van der Waals surface area contributed by atoms with E-state index in [0.29, 0.717) is 4.88 Å². The monoisotopic (exact) mass is 528 g/mol. The standard InChI is InChI=1S/C23H17BrN2O2S3/c1-28-21(27)20-10-17(22(29-2)31-20)19-11-30-23(26-19)25-18-5-3-4-15-14-7-6-13(24)8-12(14)9-16(15)18/h3-8,10-11H,9H2,1-2H3,(H,25,26). The number of fused-ring (bicyclic) bond motifs is 3. The molecular formula is C23H17BrN2O2S3. The van der Waals surface area contributed by atoms with Gasteiger partial charge in [-0.25, -0.2) is 9.78 Å². The van der Waals surface area contributed by atoms with Gasteiger partial charge in [-0.2, -0.15) is 0 Å². The molecule has 4 aromatic rings. The van der Waals surface area contributed by atoms with E-state index in [9.17, 15) is 4.79 Å². The fourth-order valence-electron chi connectivity index (χ4n) is 3.78. The molecule has 0 saturated heterocycles. The van der Waals surface area contributed by atoms with Crippen molar-refractivity contribution in [3.05, 3.63) is 68.3 Å². The largest absolute Gasteiger partial charge is 0.465 e. The van der Waals surface area contributed by atoms with Gasteiger partial charge in [-0.3, -0.25) is 0 Å². The van der Waals surface area contributed by atoms with Crippen molar-refractivity contribution >= 4 is 67.2 Å². The molecular weight excluding hydrogens is 512 g/mol. The molecule has 2 aromatic heterocycles. The lowest BCUT2D eigenvalue weighted by Gasteiger charge is -2.09. The number of carbonyl (C=O) groups excluding carboxylic acids is 1. The van der Waals surface area contributed by atoms with Gasteiger partial charge in [0.1, 0.15) is 4.88 Å². The number of esters is 1. The number of methoxy groups -OCH3 is 1. The molecule has 0 bridgehead atoms. The van der Waals surface area contributed by atoms with E-state index in [1.54, 1.807) is 23.1 Å². The van der Waals surface area contributed by atoms with Gasteiger partial charge in [-0.1, -0.05) is 34.1 Å². The fourth-order valence-corrected chi connectivity index (χ4v) is 6.72. The van der Waals surface area contributed by atoms with Gasteiger partial charge in [0.2, 0.25) is 0 Å². The third-order valence-electron chi connectivity index (χ3n) is 5.19. The number of hydrogen-bond acceptors (Lipinski definition) is 7. The van der Waals surface area contributed by atoms with Crippen molar-refractivity contribution in [2.75, 3.05) is 18.7 Å². The maximum Gasteiger partial charge on any atom is 0.348 e. The number of hydrogen-bond donors (Lipinski definition) is 1. The topological polar surface area (TPSA) is 51.2 Å². The van der Waals surface area contributed by atoms with Crippen LogP contribution in [0.3, 0.4) is 0 Å². The van der Waals surface area contributed by atoms with Crippen molar-refractivity contribution in [1.82, 2.24) is 4.98 Å². The van der Waals surface area contributed by atoms with Crippen molar-refractivity contribution in [2.45, 2.75) is 10.6 Å². The molecule has 4 nitrogen and oxygen atoms in total. The molecule has 0 aliphatic heterocycles. The van der Waals surface area contributed by atoms with E-state index in [1.807, 2.05) is 17.7 Å². The van der Waals surface area contributed by atoms with Gasteiger partial charge in [0, 0.05) is 27.5 Å². The second-order valence-corrected chi connectivity index (χ2v) is 10.9. The number of thiazole rings is 1. The molecule has 1 N–H and O–H groups in total. The van der Waals surface area contributed by atoms with Crippen LogP contribution in [0.15, 0.2) is 56.5 Å². The maximum atomic E-state index is 11.9. The summed E-state index contributed by atoms with van der Waals surface area (Å²) in [7, 11) is 1.40. The van der Waals surface area contributed by atoms with Crippen molar-refractivity contribution in [3.8, 4) is 22.4 Å². The zero-order chi connectivity index (χ0) is 21.5. The second kappa shape index (κ2) is 8.43. The molecule has 0 fully saturated rings. The highest BCUT2D eigenvalue weighted by molar-refractivity contribution is 9.10. The number of thiophene rings is 1. The molecule has 31 heavy (non-hydrogen) atoms. The number of benzene rings is 2. The predicted octanol–water partition coefficient (Wildman–Crippen LogP) is 7.46. The number of carbonyl (C=O) groups is 1. The van der Waals surface area contributed by atoms with Crippen LogP contribution in [0.25, 0.3) is 22.4 Å². The molecule has 2 heterocycles. The minimum absolute atomic E-state index is 0.314. The molecule has 1 aliphatic rings. The molecule has 0 amide bonds. The summed E-state index contributed by atoms with van der Waals surface area (Å²) in [5.74, 6) is -0.314. The van der Waals surface area contributed by atoms with Crippen molar-refractivity contribution in [1.29, 1.82) is 0 Å². The first-order valence-corrected chi connectivity index (χ1v) is 13.2. The quantitative estimate of drug-likeness (QED) is 0.189. The third-order valence-corrected chi connectivity index (χ3v) is 8.69. The van der Waals surface area contributed by atoms with Crippen LogP contribution in [0.4, 0.5) is 10.8 Å². The predicted molar refractivity (Wildman–Crippen MR) is 134 cm³/mol. The number of nitrogens with zero attached hydrogens (tertiary/aromatic N) is 1. The number of nitrogens with one attached hydrogen (secondary N) is 1. The van der Waals surface area contributed by atoms with Crippen LogP contribution >= 0.6 is 50.4 Å². The Kier molecular flexibility index (Phi) is 5.64. The van der Waals surface area contributed by atoms with Crippen LogP contribution < -0.4 is 5.32 Å². The number of ether oxygens (including phenoxy) is 1. The lowest BCUT2D eigenvalue weighted by Crippen LogP contribution is -1.97. The van der Waals surface area contributed by atoms with Crippen LogP contribution in [-0.4, -0.2) is 24.3 Å². The average molecular weight is 530 g/mol. The molecule has 0 unspecified atom stereocenters. The van der Waals surface area contributed by atoms with E-state index in [0.717, 1.165) is 37.2 Å². The zero-order valence-corrected chi connectivity index (χ0v) is 20.7. The molecule has 0 atom stereocenters. The molecule has 5 rings (SSSR count). The lowest BCUT2D eigenvalue weighted by atomic mass is 10.1. The summed E-state index contributed by atoms with van der Waals surface area (Å²) >= 11 is 8.20. The van der Waals surface area contributed by atoms with E-state index in [2.05, 4.69) is 57.6 Å². The fraction of sp³-hybridized carbons (Fsp3) is 0.130. The Morgan fingerprint density at radius 2 is 2.06 bits per heavy atom. The minimum atomic E-state index is -0.314. The van der Waals surface area contributed by atoms with Gasteiger partial charge in [-0.15, -0.1) is 34.4 Å². The highest BCUT2D eigenvalue weighted by Crippen LogP contribution is 2.43. The Bertz CT molecular complexity index is 1310. The summed E-state index contributed by atoms with van der Waals surface area (Å²) in [6.07, 6.45) is 2.90. The second-order valence-electron chi connectivity index (χ2n) is 6.98. The Labute approximate surface area is 200 Å². The summed E-state index contributed by atoms with van der Waals surface area (Å²) in [6, 6.07) is 14.7. The Morgan fingerprint density at radius 3 is 2.87 bits per heavy atom. The SMILES string of the molecule is COC(=O)c1cc(-c2csc(Nc3cccc4c3Cc3cc(Br)ccc3-4)n2)c(SC)s1. The van der Waals surface area contributed by atoms with Crippen LogP contribution in [-0.2, 0) is 11.2 Å². The van der Waals surface area contributed by atoms with Crippen LogP contribution in [0.1, 0.15) is 20.8 Å². The van der Waals surface area contributed by atoms with Gasteiger partial charge in [0.05, 0.1) is 17.0 Å². The Hall–Kier alpha value is -2.13. The smallest absolute Gasteiger partial charge is 0.348 e. The average Bonchev–Trinajstić information content (AvgIpc) is 3.49. The first-order valence-electron chi connectivity index (χ1n) is 9.47. The highest BCUT2D eigenvalue weighted by Gasteiger charge is 2.22. The van der Waals surface area contributed by atoms with Crippen LogP contribution in [0.5, 0.6) is 0 Å². The van der Waals surface area contributed by atoms with E-state index >= 15 is 0 Å². The van der Waals surface area contributed by atoms with Gasteiger partial charge >= 0.3 is 5.97 Å². The normalized spacial score (nSPS) is 11.8.